The summed E-state index contributed by atoms with van der Waals surface area (Å²) in [6.45, 7) is 0. The lowest BCUT2D eigenvalue weighted by Crippen LogP contribution is -1.88. The molecule has 2 N–H and O–H groups in total. The van der Waals surface area contributed by atoms with Crippen molar-refractivity contribution >= 4 is 80.0 Å². The Kier molecular flexibility index (Phi) is 9.53. The van der Waals surface area contributed by atoms with Crippen LogP contribution in [-0.4, -0.2) is 42.5 Å². The summed E-state index contributed by atoms with van der Waals surface area (Å²) in [5.74, 6) is -0.184. The van der Waals surface area contributed by atoms with Crippen molar-refractivity contribution in [2.24, 2.45) is 30.4 Å². The molecule has 0 radical (unpaired) electrons. The van der Waals surface area contributed by atoms with Gasteiger partial charge in [-0.25, -0.2) is 9.97 Å². The number of azo groups is 2. The Morgan fingerprint density at radius 2 is 0.889 bits per heavy atom. The first-order valence-corrected chi connectivity index (χ1v) is 16.0. The van der Waals surface area contributed by atoms with Crippen molar-refractivity contribution in [1.82, 2.24) is 9.97 Å². The number of hydrogen-bond acceptors (Lipinski definition) is 14. The molecule has 0 fully saturated rings. The van der Waals surface area contributed by atoms with E-state index in [0.717, 1.165) is 0 Å². The molecule has 16 nitrogen and oxygen atoms in total. The Labute approximate surface area is 304 Å². The molecule has 54 heavy (non-hydrogen) atoms. The third kappa shape index (κ3) is 7.92. The van der Waals surface area contributed by atoms with E-state index in [-0.39, 0.29) is 34.2 Å². The van der Waals surface area contributed by atoms with Crippen LogP contribution in [0.25, 0.3) is 22.1 Å². The summed E-state index contributed by atoms with van der Waals surface area (Å²) in [4.78, 5) is 39.9. The maximum absolute atomic E-state index is 11.1. The summed E-state index contributed by atoms with van der Waals surface area (Å²) in [7, 11) is 0. The number of hydrogen-bond donors (Lipinski definition) is 2. The van der Waals surface area contributed by atoms with Crippen LogP contribution in [0.15, 0.2) is 152 Å². The molecule has 0 aliphatic heterocycles. The summed E-state index contributed by atoms with van der Waals surface area (Å²) in [5.41, 5.74) is 4.75. The van der Waals surface area contributed by atoms with E-state index in [1.165, 1.54) is 73.1 Å². The van der Waals surface area contributed by atoms with E-state index in [1.54, 1.807) is 36.4 Å². The second kappa shape index (κ2) is 15.0. The molecule has 7 aromatic rings. The molecule has 0 aliphatic rings. The van der Waals surface area contributed by atoms with E-state index in [9.17, 15) is 30.4 Å². The van der Waals surface area contributed by atoms with Crippen LogP contribution >= 0.6 is 0 Å². The van der Waals surface area contributed by atoms with Gasteiger partial charge in [-0.2, -0.15) is 20.5 Å². The zero-order valence-electron chi connectivity index (χ0n) is 27.7. The molecule has 0 unspecified atom stereocenters. The predicted octanol–water partition coefficient (Wildman–Crippen LogP) is 10.3. The SMILES string of the molecule is O=[N+]([O-])c1cccc(N=Nc2ccc(O)c(C=Nc3cc4nc5ccccc5nc4cc3N=Cc3cc(N=Nc4cccc([N+](=O)[O-])c4)ccc3O)c2)c1. The normalized spacial score (nSPS) is 11.9. The Morgan fingerprint density at radius 1 is 0.481 bits per heavy atom. The monoisotopic (exact) mass is 716 g/mol. The van der Waals surface area contributed by atoms with E-state index in [2.05, 4.69) is 30.4 Å². The minimum atomic E-state index is -0.523. The van der Waals surface area contributed by atoms with Gasteiger partial charge < -0.3 is 10.2 Å². The number of non-ortho nitro benzene ring substituents is 2. The molecular weight excluding hydrogens is 692 g/mol. The van der Waals surface area contributed by atoms with Crippen LogP contribution in [0.3, 0.4) is 0 Å². The highest BCUT2D eigenvalue weighted by molar-refractivity contribution is 5.96. The zero-order valence-corrected chi connectivity index (χ0v) is 27.7. The maximum Gasteiger partial charge on any atom is 0.271 e. The predicted molar refractivity (Wildman–Crippen MR) is 202 cm³/mol. The standard InChI is InChI=1S/C38H24N10O6/c49-37-13-11-27(45-43-25-5-3-7-29(17-25)47(51)52)15-23(37)21-39-33-19-35-36(42-32-10-2-1-9-31(32)41-35)20-34(33)40-22-24-16-28(12-14-38(24)50)46-44-26-6-4-8-30(18-26)48(53)54/h1-22,49-50H. The van der Waals surface area contributed by atoms with Crippen LogP contribution in [0.2, 0.25) is 0 Å². The fraction of sp³-hybridized carbons (Fsp3) is 0. The van der Waals surface area contributed by atoms with E-state index in [0.29, 0.717) is 55.9 Å². The van der Waals surface area contributed by atoms with E-state index < -0.39 is 9.85 Å². The molecule has 7 rings (SSSR count). The number of aromatic hydroxyl groups is 2. The lowest BCUT2D eigenvalue weighted by Gasteiger charge is -2.06. The van der Waals surface area contributed by atoms with E-state index in [1.807, 2.05) is 24.3 Å². The summed E-state index contributed by atoms with van der Waals surface area (Å²) in [5, 5.41) is 60.1. The van der Waals surface area contributed by atoms with Crippen LogP contribution < -0.4 is 0 Å². The van der Waals surface area contributed by atoms with Gasteiger partial charge in [0.15, 0.2) is 0 Å². The smallest absolute Gasteiger partial charge is 0.271 e. The highest BCUT2D eigenvalue weighted by Crippen LogP contribution is 2.34. The Balaban J connectivity index is 1.23. The van der Waals surface area contributed by atoms with Gasteiger partial charge in [0.25, 0.3) is 11.4 Å². The maximum atomic E-state index is 11.1. The van der Waals surface area contributed by atoms with Gasteiger partial charge in [0.2, 0.25) is 0 Å². The van der Waals surface area contributed by atoms with E-state index >= 15 is 0 Å². The van der Waals surface area contributed by atoms with Crippen LogP contribution in [0, 0.1) is 20.2 Å². The number of aliphatic imine (C=N–C) groups is 2. The molecule has 0 spiro atoms. The van der Waals surface area contributed by atoms with E-state index in [4.69, 9.17) is 9.97 Å². The van der Waals surface area contributed by atoms with Gasteiger partial charge in [-0.3, -0.25) is 30.2 Å². The molecular formula is C38H24N10O6. The minimum absolute atomic E-state index is 0.0920. The van der Waals surface area contributed by atoms with Gasteiger partial charge in [-0.05, 0) is 72.8 Å². The summed E-state index contributed by atoms with van der Waals surface area (Å²) >= 11 is 0. The number of rotatable bonds is 10. The lowest BCUT2D eigenvalue weighted by atomic mass is 10.1. The minimum Gasteiger partial charge on any atom is -0.507 e. The van der Waals surface area contributed by atoms with Gasteiger partial charge in [-0.1, -0.05) is 24.3 Å². The molecule has 262 valence electrons. The average molecular weight is 717 g/mol. The topological polar surface area (TPSA) is 227 Å². The number of fused-ring (bicyclic) bond motifs is 2. The number of nitro groups is 2. The van der Waals surface area contributed by atoms with Gasteiger partial charge >= 0.3 is 0 Å². The van der Waals surface area contributed by atoms with Crippen LogP contribution in [0.5, 0.6) is 11.5 Å². The van der Waals surface area contributed by atoms with Crippen LogP contribution in [-0.2, 0) is 0 Å². The number of phenolic OH excluding ortho intramolecular Hbond substituents is 2. The quantitative estimate of drug-likeness (QED) is 0.0453. The summed E-state index contributed by atoms with van der Waals surface area (Å²) in [6.07, 6.45) is 2.84. The molecule has 0 atom stereocenters. The summed E-state index contributed by atoms with van der Waals surface area (Å²) < 4.78 is 0. The first-order chi connectivity index (χ1) is 26.2. The third-order valence-corrected chi connectivity index (χ3v) is 7.79. The first kappa shape index (κ1) is 34.3. The largest absolute Gasteiger partial charge is 0.507 e. The van der Waals surface area contributed by atoms with Crippen molar-refractivity contribution in [3.63, 3.8) is 0 Å². The van der Waals surface area contributed by atoms with Gasteiger partial charge in [0.05, 0.1) is 66.0 Å². The lowest BCUT2D eigenvalue weighted by molar-refractivity contribution is -0.385. The molecule has 0 bridgehead atoms. The van der Waals surface area contributed by atoms with Crippen molar-refractivity contribution in [3.8, 4) is 11.5 Å². The number of benzene rings is 6. The summed E-state index contributed by atoms with van der Waals surface area (Å²) in [6, 6.07) is 31.2. The first-order valence-electron chi connectivity index (χ1n) is 16.0. The zero-order chi connectivity index (χ0) is 37.6. The molecule has 6 aromatic carbocycles. The molecule has 0 aliphatic carbocycles. The van der Waals surface area contributed by atoms with Crippen LogP contribution in [0.4, 0.5) is 45.5 Å². The Morgan fingerprint density at radius 3 is 1.30 bits per heavy atom. The number of nitrogens with zero attached hydrogens (tertiary/aromatic N) is 10. The fourth-order valence-corrected chi connectivity index (χ4v) is 5.12. The number of para-hydroxylation sites is 2. The van der Waals surface area contributed by atoms with Gasteiger partial charge in [0, 0.05) is 47.8 Å². The molecule has 16 heteroatoms. The van der Waals surface area contributed by atoms with Crippen LogP contribution in [0.1, 0.15) is 11.1 Å². The highest BCUT2D eigenvalue weighted by atomic mass is 16.6. The van der Waals surface area contributed by atoms with Crippen molar-refractivity contribution in [1.29, 1.82) is 0 Å². The number of nitro benzene ring substituents is 2. The van der Waals surface area contributed by atoms with Crippen molar-refractivity contribution in [2.45, 2.75) is 0 Å². The second-order valence-corrected chi connectivity index (χ2v) is 11.5. The fourth-order valence-electron chi connectivity index (χ4n) is 5.12. The molecule has 0 saturated heterocycles. The molecule has 1 heterocycles. The van der Waals surface area contributed by atoms with Crippen molar-refractivity contribution in [3.05, 3.63) is 153 Å². The van der Waals surface area contributed by atoms with Crippen molar-refractivity contribution in [2.75, 3.05) is 0 Å². The third-order valence-electron chi connectivity index (χ3n) is 7.79. The average Bonchev–Trinajstić information content (AvgIpc) is 3.18. The molecule has 1 aromatic heterocycles. The second-order valence-electron chi connectivity index (χ2n) is 11.5. The number of phenols is 2. The Hall–Kier alpha value is -8.14. The highest BCUT2D eigenvalue weighted by Gasteiger charge is 2.11. The molecule has 0 saturated carbocycles. The van der Waals surface area contributed by atoms with Crippen molar-refractivity contribution < 1.29 is 20.1 Å². The van der Waals surface area contributed by atoms with Gasteiger partial charge in [-0.15, -0.1) is 0 Å². The molecule has 0 amide bonds. The van der Waals surface area contributed by atoms with Gasteiger partial charge in [0.1, 0.15) is 11.5 Å². The number of aromatic nitrogens is 2. The Bertz CT molecular complexity index is 2550.